The molecule has 0 aliphatic carbocycles. The average Bonchev–Trinajstić information content (AvgIpc) is 1.88. The average molecular weight is 143 g/mol. The van der Waals surface area contributed by atoms with E-state index in [1.165, 1.54) is 12.1 Å². The van der Waals surface area contributed by atoms with Crippen molar-refractivity contribution in [3.8, 4) is 0 Å². The van der Waals surface area contributed by atoms with Crippen molar-refractivity contribution in [3.05, 3.63) is 35.9 Å². The maximum Gasteiger partial charge on any atom is 0.381 e. The normalized spacial score (nSPS) is 11.5. The van der Waals surface area contributed by atoms with Crippen LogP contribution in [0.4, 0.5) is 8.78 Å². The summed E-state index contributed by atoms with van der Waals surface area (Å²) in [7, 11) is 0. The van der Waals surface area contributed by atoms with Crippen LogP contribution in [0.5, 0.6) is 0 Å². The molecule has 53 valence electrons. The molecule has 0 atom stereocenters. The summed E-state index contributed by atoms with van der Waals surface area (Å²) in [6, 6.07) is 7.60. The summed E-state index contributed by atoms with van der Waals surface area (Å²) < 4.78 is 24.0. The number of halogens is 2. The molecule has 0 spiro atoms. The molecule has 1 nitrogen and oxygen atoms in total. The molecular weight excluding hydrogens is 138 g/mol. The number of hydrogen-bond donors (Lipinski definition) is 1. The molecule has 0 saturated carbocycles. The number of alkyl halides is 2. The van der Waals surface area contributed by atoms with Gasteiger partial charge in [-0.25, -0.2) is 0 Å². The Balaban J connectivity index is 2.97. The number of benzene rings is 1. The van der Waals surface area contributed by atoms with Crippen LogP contribution >= 0.6 is 0 Å². The predicted octanol–water partition coefficient (Wildman–Crippen LogP) is 1.53. The fraction of sp³-hybridized carbons (Fsp3) is 0.143. The van der Waals surface area contributed by atoms with Gasteiger partial charge in [-0.1, -0.05) is 18.2 Å². The fourth-order valence-corrected chi connectivity index (χ4v) is 0.580. The lowest BCUT2D eigenvalue weighted by atomic mass is 10.2. The summed E-state index contributed by atoms with van der Waals surface area (Å²) in [4.78, 5) is 0. The Bertz CT molecular complexity index is 203. The van der Waals surface area contributed by atoms with Crippen LogP contribution in [0, 0.1) is 6.07 Å². The fourth-order valence-electron chi connectivity index (χ4n) is 0.580. The van der Waals surface area contributed by atoms with Crippen molar-refractivity contribution in [3.63, 3.8) is 0 Å². The molecule has 1 N–H and O–H groups in total. The summed E-state index contributed by atoms with van der Waals surface area (Å²) in [5.41, 5.74) is -0.505. The van der Waals surface area contributed by atoms with Crippen molar-refractivity contribution in [2.45, 2.75) is 6.11 Å². The number of rotatable bonds is 1. The minimum Gasteiger partial charge on any atom is -0.332 e. The second-order valence-electron chi connectivity index (χ2n) is 1.82. The van der Waals surface area contributed by atoms with Gasteiger partial charge in [-0.3, -0.25) is 0 Å². The van der Waals surface area contributed by atoms with Gasteiger partial charge in [0.1, 0.15) is 0 Å². The van der Waals surface area contributed by atoms with E-state index in [0.717, 1.165) is 6.07 Å². The third kappa shape index (κ3) is 1.51. The summed E-state index contributed by atoms with van der Waals surface area (Å²) in [6.07, 6.45) is -3.76. The standard InChI is InChI=1S/C7H5F2O/c8-7(9,10)6-4-2-1-3-5-6/h1-4,10H. The highest BCUT2D eigenvalue weighted by molar-refractivity contribution is 5.15. The van der Waals surface area contributed by atoms with Crippen LogP contribution in [0.2, 0.25) is 0 Å². The van der Waals surface area contributed by atoms with Crippen LogP contribution in [0.25, 0.3) is 0 Å². The van der Waals surface area contributed by atoms with E-state index in [4.69, 9.17) is 5.11 Å². The highest BCUT2D eigenvalue weighted by Crippen LogP contribution is 2.22. The van der Waals surface area contributed by atoms with Crippen molar-refractivity contribution in [2.24, 2.45) is 0 Å². The highest BCUT2D eigenvalue weighted by atomic mass is 19.3. The first kappa shape index (κ1) is 7.15. The van der Waals surface area contributed by atoms with Gasteiger partial charge in [0.05, 0.1) is 5.56 Å². The van der Waals surface area contributed by atoms with E-state index in [1.807, 2.05) is 0 Å². The molecule has 1 aromatic rings. The number of hydrogen-bond acceptors (Lipinski definition) is 1. The monoisotopic (exact) mass is 143 g/mol. The zero-order chi connectivity index (χ0) is 7.61. The van der Waals surface area contributed by atoms with E-state index >= 15 is 0 Å². The van der Waals surface area contributed by atoms with E-state index in [2.05, 4.69) is 6.07 Å². The SMILES string of the molecule is OC(F)(F)c1[c]cccc1. The Morgan fingerprint density at radius 3 is 2.40 bits per heavy atom. The molecule has 0 amide bonds. The molecule has 0 aromatic heterocycles. The second-order valence-corrected chi connectivity index (χ2v) is 1.82. The maximum atomic E-state index is 12.0. The van der Waals surface area contributed by atoms with Gasteiger partial charge in [0.15, 0.2) is 0 Å². The quantitative estimate of drug-likeness (QED) is 0.632. The summed E-state index contributed by atoms with van der Waals surface area (Å²) in [5.74, 6) is 0. The first-order valence-electron chi connectivity index (χ1n) is 2.68. The molecular formula is C7H5F2O. The minimum atomic E-state index is -3.76. The van der Waals surface area contributed by atoms with Gasteiger partial charge in [-0.15, -0.1) is 0 Å². The van der Waals surface area contributed by atoms with Crippen molar-refractivity contribution in [1.29, 1.82) is 0 Å². The van der Waals surface area contributed by atoms with Crippen LogP contribution in [-0.2, 0) is 6.11 Å². The van der Waals surface area contributed by atoms with Gasteiger partial charge in [0, 0.05) is 0 Å². The summed E-state index contributed by atoms with van der Waals surface area (Å²) >= 11 is 0. The first-order valence-corrected chi connectivity index (χ1v) is 2.68. The van der Waals surface area contributed by atoms with Crippen LogP contribution in [-0.4, -0.2) is 5.11 Å². The Kier molecular flexibility index (Phi) is 1.68. The molecule has 0 aliphatic rings. The van der Waals surface area contributed by atoms with Gasteiger partial charge in [-0.05, 0) is 12.1 Å². The van der Waals surface area contributed by atoms with E-state index in [9.17, 15) is 8.78 Å². The molecule has 1 rings (SSSR count). The van der Waals surface area contributed by atoms with E-state index in [0.29, 0.717) is 0 Å². The zero-order valence-corrected chi connectivity index (χ0v) is 5.01. The summed E-state index contributed by atoms with van der Waals surface area (Å²) in [6.45, 7) is 0. The Morgan fingerprint density at radius 1 is 1.40 bits per heavy atom. The predicted molar refractivity (Wildman–Crippen MR) is 31.4 cm³/mol. The summed E-state index contributed by atoms with van der Waals surface area (Å²) in [5, 5.41) is 8.12. The molecule has 1 aromatic carbocycles. The molecule has 0 saturated heterocycles. The van der Waals surface area contributed by atoms with Crippen molar-refractivity contribution in [2.75, 3.05) is 0 Å². The van der Waals surface area contributed by atoms with Gasteiger partial charge in [0.2, 0.25) is 0 Å². The molecule has 0 aliphatic heterocycles. The van der Waals surface area contributed by atoms with Crippen LogP contribution in [0.3, 0.4) is 0 Å². The van der Waals surface area contributed by atoms with Crippen molar-refractivity contribution < 1.29 is 13.9 Å². The third-order valence-electron chi connectivity index (χ3n) is 1.03. The topological polar surface area (TPSA) is 20.2 Å². The lowest BCUT2D eigenvalue weighted by molar-refractivity contribution is -0.208. The lowest BCUT2D eigenvalue weighted by Crippen LogP contribution is -2.10. The van der Waals surface area contributed by atoms with Crippen LogP contribution in [0.15, 0.2) is 24.3 Å². The molecule has 10 heavy (non-hydrogen) atoms. The largest absolute Gasteiger partial charge is 0.381 e. The Labute approximate surface area is 56.9 Å². The highest BCUT2D eigenvalue weighted by Gasteiger charge is 2.26. The third-order valence-corrected chi connectivity index (χ3v) is 1.03. The maximum absolute atomic E-state index is 12.0. The van der Waals surface area contributed by atoms with Crippen molar-refractivity contribution >= 4 is 0 Å². The molecule has 0 fully saturated rings. The van der Waals surface area contributed by atoms with E-state index in [-0.39, 0.29) is 0 Å². The van der Waals surface area contributed by atoms with Gasteiger partial charge in [0.25, 0.3) is 0 Å². The van der Waals surface area contributed by atoms with E-state index in [1.54, 1.807) is 6.07 Å². The Hall–Kier alpha value is -0.960. The zero-order valence-electron chi connectivity index (χ0n) is 5.01. The molecule has 0 unspecified atom stereocenters. The second kappa shape index (κ2) is 2.34. The van der Waals surface area contributed by atoms with Crippen molar-refractivity contribution in [1.82, 2.24) is 0 Å². The first-order chi connectivity index (χ1) is 4.61. The van der Waals surface area contributed by atoms with Gasteiger partial charge >= 0.3 is 6.11 Å². The van der Waals surface area contributed by atoms with Crippen LogP contribution < -0.4 is 0 Å². The molecule has 0 heterocycles. The van der Waals surface area contributed by atoms with Crippen LogP contribution in [0.1, 0.15) is 5.56 Å². The minimum absolute atomic E-state index is 0.505. The molecule has 0 bridgehead atoms. The number of aliphatic hydroxyl groups is 1. The van der Waals surface area contributed by atoms with Gasteiger partial charge < -0.3 is 5.11 Å². The van der Waals surface area contributed by atoms with Gasteiger partial charge in [-0.2, -0.15) is 8.78 Å². The molecule has 1 radical (unpaired) electrons. The smallest absolute Gasteiger partial charge is 0.332 e. The molecule has 3 heteroatoms. The Morgan fingerprint density at radius 2 is 2.10 bits per heavy atom. The van der Waals surface area contributed by atoms with E-state index < -0.39 is 11.7 Å². The lowest BCUT2D eigenvalue weighted by Gasteiger charge is -2.06.